The number of allylic oxidation sites excluding steroid dienone is 1. The maximum absolute atomic E-state index is 11.0. The van der Waals surface area contributed by atoms with Gasteiger partial charge in [0.1, 0.15) is 24.3 Å². The molecule has 0 amide bonds. The Morgan fingerprint density at radius 3 is 2.88 bits per heavy atom. The van der Waals surface area contributed by atoms with Gasteiger partial charge in [-0.25, -0.2) is 4.98 Å². The molecule has 0 unspecified atom stereocenters. The van der Waals surface area contributed by atoms with Crippen molar-refractivity contribution < 1.29 is 9.66 Å². The van der Waals surface area contributed by atoms with E-state index >= 15 is 0 Å². The minimum Gasteiger partial charge on any atom is -0.480 e. The summed E-state index contributed by atoms with van der Waals surface area (Å²) in [6, 6.07) is 13.5. The molecule has 0 bridgehead atoms. The van der Waals surface area contributed by atoms with E-state index in [-0.39, 0.29) is 17.9 Å². The number of rotatable bonds is 5. The van der Waals surface area contributed by atoms with Gasteiger partial charge in [0.05, 0.1) is 21.5 Å². The summed E-state index contributed by atoms with van der Waals surface area (Å²) in [5.74, 6) is 3.05. The first-order valence-corrected chi connectivity index (χ1v) is 7.54. The Bertz CT molecular complexity index is 1070. The van der Waals surface area contributed by atoms with Crippen molar-refractivity contribution in [2.75, 3.05) is 6.61 Å². The number of nitriles is 1. The van der Waals surface area contributed by atoms with Crippen molar-refractivity contribution in [3.8, 4) is 24.2 Å². The number of imidazole rings is 1. The quantitative estimate of drug-likeness (QED) is 0.330. The molecular weight excluding hydrogens is 332 g/mol. The number of aromatic nitrogens is 2. The highest BCUT2D eigenvalue weighted by molar-refractivity contribution is 5.91. The van der Waals surface area contributed by atoms with Crippen molar-refractivity contribution in [2.45, 2.75) is 0 Å². The summed E-state index contributed by atoms with van der Waals surface area (Å²) in [6.07, 6.45) is 6.68. The molecule has 0 saturated carbocycles. The van der Waals surface area contributed by atoms with Crippen LogP contribution in [-0.2, 0) is 0 Å². The molecule has 26 heavy (non-hydrogen) atoms. The molecule has 7 nitrogen and oxygen atoms in total. The van der Waals surface area contributed by atoms with Gasteiger partial charge in [0, 0.05) is 17.7 Å². The third kappa shape index (κ3) is 3.37. The predicted molar refractivity (Wildman–Crippen MR) is 97.0 cm³/mol. The highest BCUT2D eigenvalue weighted by Crippen LogP contribution is 2.28. The van der Waals surface area contributed by atoms with Gasteiger partial charge in [0.15, 0.2) is 0 Å². The largest absolute Gasteiger partial charge is 0.480 e. The number of para-hydroxylation sites is 2. The molecule has 2 aromatic carbocycles. The lowest BCUT2D eigenvalue weighted by molar-refractivity contribution is -0.384. The third-order valence-corrected chi connectivity index (χ3v) is 3.58. The monoisotopic (exact) mass is 344 g/mol. The van der Waals surface area contributed by atoms with Crippen molar-refractivity contribution in [3.63, 3.8) is 0 Å². The van der Waals surface area contributed by atoms with Crippen molar-refractivity contribution in [2.24, 2.45) is 0 Å². The van der Waals surface area contributed by atoms with Gasteiger partial charge in [-0.1, -0.05) is 18.1 Å². The molecule has 1 aromatic heterocycles. The molecular formula is C19H12N4O3. The summed E-state index contributed by atoms with van der Waals surface area (Å²) in [5.41, 5.74) is 1.96. The Morgan fingerprint density at radius 1 is 1.38 bits per heavy atom. The first kappa shape index (κ1) is 16.7. The van der Waals surface area contributed by atoms with Crippen LogP contribution in [0.5, 0.6) is 5.75 Å². The minimum atomic E-state index is -0.518. The smallest absolute Gasteiger partial charge is 0.270 e. The zero-order valence-corrected chi connectivity index (χ0v) is 13.5. The molecule has 0 fully saturated rings. The molecule has 3 rings (SSSR count). The van der Waals surface area contributed by atoms with E-state index in [2.05, 4.69) is 22.0 Å². The lowest BCUT2D eigenvalue weighted by atomic mass is 10.1. The van der Waals surface area contributed by atoms with Gasteiger partial charge in [-0.3, -0.25) is 10.1 Å². The Hall–Kier alpha value is -4.10. The van der Waals surface area contributed by atoms with Crippen LogP contribution in [0, 0.1) is 33.8 Å². The second-order valence-electron chi connectivity index (χ2n) is 5.24. The fourth-order valence-corrected chi connectivity index (χ4v) is 2.40. The second-order valence-corrected chi connectivity index (χ2v) is 5.24. The molecule has 1 heterocycles. The zero-order chi connectivity index (χ0) is 18.5. The third-order valence-electron chi connectivity index (χ3n) is 3.58. The van der Waals surface area contributed by atoms with Crippen LogP contribution in [-0.4, -0.2) is 21.5 Å². The number of nitrogens with zero attached hydrogens (tertiary/aromatic N) is 3. The van der Waals surface area contributed by atoms with Crippen molar-refractivity contribution in [1.82, 2.24) is 9.97 Å². The van der Waals surface area contributed by atoms with Crippen molar-refractivity contribution in [3.05, 3.63) is 64.0 Å². The van der Waals surface area contributed by atoms with Crippen LogP contribution in [0.4, 0.5) is 5.69 Å². The molecule has 7 heteroatoms. The molecule has 0 saturated heterocycles. The maximum Gasteiger partial charge on any atom is 0.270 e. The van der Waals surface area contributed by atoms with Crippen LogP contribution in [0.2, 0.25) is 0 Å². The first-order chi connectivity index (χ1) is 12.6. The summed E-state index contributed by atoms with van der Waals surface area (Å²) >= 11 is 0. The van der Waals surface area contributed by atoms with E-state index in [0.29, 0.717) is 22.7 Å². The van der Waals surface area contributed by atoms with Gasteiger partial charge in [-0.05, 0) is 24.3 Å². The van der Waals surface area contributed by atoms with E-state index in [9.17, 15) is 15.4 Å². The molecule has 1 N–H and O–H groups in total. The van der Waals surface area contributed by atoms with E-state index < -0.39 is 4.92 Å². The molecule has 0 atom stereocenters. The number of nitro groups is 1. The fourth-order valence-electron chi connectivity index (χ4n) is 2.40. The van der Waals surface area contributed by atoms with Gasteiger partial charge in [-0.15, -0.1) is 6.42 Å². The van der Waals surface area contributed by atoms with Gasteiger partial charge < -0.3 is 9.72 Å². The normalized spacial score (nSPS) is 10.9. The SMILES string of the molecule is C#CCOc1ccc([N+](=O)[O-])cc1/C=C(/C#N)c1nc2ccccc2[nH]1. The van der Waals surface area contributed by atoms with Crippen LogP contribution < -0.4 is 4.74 Å². The Kier molecular flexibility index (Phi) is 4.64. The highest BCUT2D eigenvalue weighted by atomic mass is 16.6. The van der Waals surface area contributed by atoms with Crippen LogP contribution in [0.3, 0.4) is 0 Å². The van der Waals surface area contributed by atoms with Gasteiger partial charge in [0.2, 0.25) is 0 Å². The fraction of sp³-hybridized carbons (Fsp3) is 0.0526. The van der Waals surface area contributed by atoms with Gasteiger partial charge in [0.25, 0.3) is 5.69 Å². The predicted octanol–water partition coefficient (Wildman–Crippen LogP) is 3.55. The molecule has 0 aliphatic carbocycles. The summed E-state index contributed by atoms with van der Waals surface area (Å²) in [4.78, 5) is 18.0. The Morgan fingerprint density at radius 2 is 2.19 bits per heavy atom. The molecule has 126 valence electrons. The zero-order valence-electron chi connectivity index (χ0n) is 13.5. The maximum atomic E-state index is 11.0. The number of benzene rings is 2. The van der Waals surface area contributed by atoms with E-state index in [1.54, 1.807) is 0 Å². The topological polar surface area (TPSA) is 105 Å². The first-order valence-electron chi connectivity index (χ1n) is 7.54. The van der Waals surface area contributed by atoms with Gasteiger partial charge >= 0.3 is 0 Å². The molecule has 0 spiro atoms. The Balaban J connectivity index is 2.10. The average molecular weight is 344 g/mol. The van der Waals surface area contributed by atoms with E-state index in [4.69, 9.17) is 11.2 Å². The summed E-state index contributed by atoms with van der Waals surface area (Å²) in [5, 5.41) is 20.6. The van der Waals surface area contributed by atoms with E-state index in [1.165, 1.54) is 24.3 Å². The van der Waals surface area contributed by atoms with Crippen molar-refractivity contribution >= 4 is 28.4 Å². The summed E-state index contributed by atoms with van der Waals surface area (Å²) in [6.45, 7) is 0.00513. The average Bonchev–Trinajstić information content (AvgIpc) is 3.08. The van der Waals surface area contributed by atoms with Crippen LogP contribution in [0.25, 0.3) is 22.7 Å². The lowest BCUT2D eigenvalue weighted by Crippen LogP contribution is -1.97. The molecule has 0 aliphatic rings. The van der Waals surface area contributed by atoms with Crippen molar-refractivity contribution in [1.29, 1.82) is 5.26 Å². The molecule has 0 radical (unpaired) electrons. The standard InChI is InChI=1S/C19H12N4O3/c1-2-9-26-18-8-7-15(23(24)25)11-13(18)10-14(12-20)19-21-16-5-3-4-6-17(16)22-19/h1,3-8,10-11H,9H2,(H,21,22)/b14-10-. The summed E-state index contributed by atoms with van der Waals surface area (Å²) in [7, 11) is 0. The number of aromatic amines is 1. The number of hydrogen-bond acceptors (Lipinski definition) is 5. The van der Waals surface area contributed by atoms with E-state index in [1.807, 2.05) is 24.3 Å². The number of hydrogen-bond donors (Lipinski definition) is 1. The number of nitrogens with one attached hydrogen (secondary N) is 1. The molecule has 0 aliphatic heterocycles. The minimum absolute atomic E-state index is 0.00513. The summed E-state index contributed by atoms with van der Waals surface area (Å²) < 4.78 is 5.42. The van der Waals surface area contributed by atoms with Crippen LogP contribution >= 0.6 is 0 Å². The van der Waals surface area contributed by atoms with E-state index in [0.717, 1.165) is 5.52 Å². The van der Waals surface area contributed by atoms with Crippen LogP contribution in [0.15, 0.2) is 42.5 Å². The molecule has 3 aromatic rings. The highest BCUT2D eigenvalue weighted by Gasteiger charge is 2.13. The number of nitro benzene ring substituents is 1. The number of ether oxygens (including phenoxy) is 1. The lowest BCUT2D eigenvalue weighted by Gasteiger charge is -2.07. The number of non-ortho nitro benzene ring substituents is 1. The van der Waals surface area contributed by atoms with Crippen LogP contribution in [0.1, 0.15) is 11.4 Å². The Labute approximate surface area is 148 Å². The van der Waals surface area contributed by atoms with Gasteiger partial charge in [-0.2, -0.15) is 5.26 Å². The second kappa shape index (κ2) is 7.20. The number of fused-ring (bicyclic) bond motifs is 1. The number of terminal acetylenes is 1. The number of H-pyrrole nitrogens is 1.